The number of aliphatic hydroxyl groups excluding tert-OH is 4. The van der Waals surface area contributed by atoms with E-state index >= 15 is 0 Å². The highest BCUT2D eigenvalue weighted by Gasteiger charge is 2.42. The molecule has 2 rings (SSSR count). The minimum Gasteiger partial charge on any atom is -0.397 e. The van der Waals surface area contributed by atoms with Gasteiger partial charge in [-0.15, -0.1) is 0 Å². The first-order valence-corrected chi connectivity index (χ1v) is 9.83. The van der Waals surface area contributed by atoms with E-state index < -0.39 is 37.1 Å². The van der Waals surface area contributed by atoms with Crippen molar-refractivity contribution in [3.05, 3.63) is 28.8 Å². The van der Waals surface area contributed by atoms with Gasteiger partial charge in [0, 0.05) is 22.9 Å². The van der Waals surface area contributed by atoms with Crippen molar-refractivity contribution >= 4 is 11.9 Å². The van der Waals surface area contributed by atoms with Gasteiger partial charge in [0.1, 0.15) is 30.5 Å². The number of hydrogen-bond donors (Lipinski definition) is 6. The number of rotatable bonds is 5. The van der Waals surface area contributed by atoms with Gasteiger partial charge in [0.2, 0.25) is 0 Å². The van der Waals surface area contributed by atoms with Gasteiger partial charge in [-0.05, 0) is 25.2 Å². The number of nitrogens with one attached hydrogen (secondary N) is 1. The van der Waals surface area contributed by atoms with Crippen molar-refractivity contribution in [2.75, 3.05) is 32.0 Å². The summed E-state index contributed by atoms with van der Waals surface area (Å²) in [6, 6.07) is 3.39. The van der Waals surface area contributed by atoms with Crippen molar-refractivity contribution in [3.63, 3.8) is 0 Å². The summed E-state index contributed by atoms with van der Waals surface area (Å²) in [4.78, 5) is 2.17. The molecule has 1 aromatic rings. The Kier molecular flexibility index (Phi) is 8.82. The average Bonchev–Trinajstić information content (AvgIpc) is 2.76. The maximum atomic E-state index is 10.1. The Morgan fingerprint density at radius 2 is 1.83 bits per heavy atom. The predicted molar refractivity (Wildman–Crippen MR) is 114 cm³/mol. The molecule has 1 aliphatic rings. The van der Waals surface area contributed by atoms with Gasteiger partial charge in [0.25, 0.3) is 0 Å². The van der Waals surface area contributed by atoms with E-state index in [2.05, 4.69) is 42.4 Å². The number of ether oxygens (including phenoxy) is 1. The van der Waals surface area contributed by atoms with Gasteiger partial charge in [0.15, 0.2) is 0 Å². The molecule has 8 heteroatoms. The van der Waals surface area contributed by atoms with Crippen LogP contribution in [0, 0.1) is 29.1 Å². The molecule has 0 radical (unpaired) electrons. The van der Waals surface area contributed by atoms with E-state index in [0.717, 1.165) is 19.3 Å². The number of aliphatic hydroxyl groups is 4. The number of benzene rings is 1. The van der Waals surface area contributed by atoms with Crippen LogP contribution in [0.1, 0.15) is 30.5 Å². The summed E-state index contributed by atoms with van der Waals surface area (Å²) in [5.74, 6) is 11.7. The maximum absolute atomic E-state index is 10.1. The molecule has 30 heavy (non-hydrogen) atoms. The Bertz CT molecular complexity index is 861. The maximum Gasteiger partial charge on any atom is 0.147 e. The fourth-order valence-corrected chi connectivity index (χ4v) is 3.04. The van der Waals surface area contributed by atoms with Crippen molar-refractivity contribution in [1.29, 1.82) is 5.41 Å². The van der Waals surface area contributed by atoms with Crippen LogP contribution in [0.2, 0.25) is 0 Å². The molecule has 0 aliphatic carbocycles. The molecule has 1 heterocycles. The van der Waals surface area contributed by atoms with Gasteiger partial charge in [-0.3, -0.25) is 4.90 Å². The van der Waals surface area contributed by atoms with E-state index in [-0.39, 0.29) is 5.69 Å². The summed E-state index contributed by atoms with van der Waals surface area (Å²) >= 11 is 0. The highest BCUT2D eigenvalue weighted by Crippen LogP contribution is 2.22. The molecule has 4 unspecified atom stereocenters. The average molecular weight is 415 g/mol. The summed E-state index contributed by atoms with van der Waals surface area (Å²) in [7, 11) is 0. The predicted octanol–water partition coefficient (Wildman–Crippen LogP) is -0.846. The lowest BCUT2D eigenvalue weighted by Gasteiger charge is -2.37. The van der Waals surface area contributed by atoms with Crippen LogP contribution in [0.5, 0.6) is 0 Å². The summed E-state index contributed by atoms with van der Waals surface area (Å²) in [5.41, 5.74) is 7.89. The van der Waals surface area contributed by atoms with Gasteiger partial charge in [0.05, 0.1) is 18.8 Å². The lowest BCUT2D eigenvalue weighted by molar-refractivity contribution is -0.214. The summed E-state index contributed by atoms with van der Waals surface area (Å²) in [6.07, 6.45) is -5.43. The van der Waals surface area contributed by atoms with Gasteiger partial charge in [-0.25, -0.2) is 0 Å². The van der Waals surface area contributed by atoms with Crippen LogP contribution < -0.4 is 5.73 Å². The molecule has 8 nitrogen and oxygen atoms in total. The fourth-order valence-electron chi connectivity index (χ4n) is 3.04. The summed E-state index contributed by atoms with van der Waals surface area (Å²) in [5, 5.41) is 46.7. The van der Waals surface area contributed by atoms with E-state index in [4.69, 9.17) is 15.9 Å². The second-order valence-electron chi connectivity index (χ2n) is 6.95. The van der Waals surface area contributed by atoms with Crippen molar-refractivity contribution in [2.24, 2.45) is 0 Å². The smallest absolute Gasteiger partial charge is 0.147 e. The van der Waals surface area contributed by atoms with Gasteiger partial charge < -0.3 is 36.3 Å². The third kappa shape index (κ3) is 5.59. The van der Waals surface area contributed by atoms with E-state index in [0.29, 0.717) is 23.2 Å². The van der Waals surface area contributed by atoms with Crippen molar-refractivity contribution in [2.45, 2.75) is 44.4 Å². The number of nitrogens with zero attached hydrogens (tertiary/aromatic N) is 1. The molecular weight excluding hydrogens is 386 g/mol. The molecule has 0 saturated carbocycles. The van der Waals surface area contributed by atoms with E-state index in [1.54, 1.807) is 12.1 Å². The van der Waals surface area contributed by atoms with Gasteiger partial charge >= 0.3 is 0 Å². The van der Waals surface area contributed by atoms with Crippen molar-refractivity contribution < 1.29 is 25.2 Å². The second kappa shape index (κ2) is 11.1. The fraction of sp³-hybridized carbons (Fsp3) is 0.500. The number of nitrogens with two attached hydrogens (primary N) is 1. The number of anilines is 1. The van der Waals surface area contributed by atoms with Crippen LogP contribution in [0.15, 0.2) is 12.1 Å². The Labute approximate surface area is 176 Å². The van der Waals surface area contributed by atoms with Crippen molar-refractivity contribution in [1.82, 2.24) is 4.90 Å². The third-order valence-electron chi connectivity index (χ3n) is 5.04. The summed E-state index contributed by atoms with van der Waals surface area (Å²) < 4.78 is 5.39. The third-order valence-corrected chi connectivity index (χ3v) is 5.04. The molecule has 162 valence electrons. The molecule has 0 amide bonds. The monoisotopic (exact) mass is 415 g/mol. The largest absolute Gasteiger partial charge is 0.397 e. The lowest BCUT2D eigenvalue weighted by atomic mass is 9.95. The Morgan fingerprint density at radius 3 is 2.43 bits per heavy atom. The van der Waals surface area contributed by atoms with Crippen LogP contribution in [0.4, 0.5) is 5.69 Å². The van der Waals surface area contributed by atoms with E-state index in [9.17, 15) is 20.4 Å². The Morgan fingerprint density at radius 1 is 1.13 bits per heavy atom. The first-order valence-electron chi connectivity index (χ1n) is 9.83. The minimum atomic E-state index is -1.50. The summed E-state index contributed by atoms with van der Waals surface area (Å²) in [6.45, 7) is 6.01. The molecule has 0 aromatic heterocycles. The van der Waals surface area contributed by atoms with Crippen LogP contribution in [0.25, 0.3) is 0 Å². The van der Waals surface area contributed by atoms with Crippen LogP contribution in [-0.4, -0.2) is 88.3 Å². The van der Waals surface area contributed by atoms with Crippen LogP contribution >= 0.6 is 0 Å². The molecule has 1 aromatic carbocycles. The molecule has 7 N–H and O–H groups in total. The van der Waals surface area contributed by atoms with E-state index in [1.165, 1.54) is 0 Å². The first-order chi connectivity index (χ1) is 14.4. The van der Waals surface area contributed by atoms with Gasteiger partial charge in [-0.1, -0.05) is 37.5 Å². The van der Waals surface area contributed by atoms with Crippen LogP contribution in [0.3, 0.4) is 0 Å². The Hall–Kier alpha value is -2.43. The standard InChI is InChI=1S/C22H29N3O5/c1-3-25(4-2)9-5-6-14-10-15(19(24)16(11-14)12-23)7-8-17-20(27)22(29)21(28)18(13-26)30-17/h10-12,17-18,20-23,26-29H,3-4,9,13,24H2,1-2H3/t17?,18?,20?,21-,22?/m1/s1. The molecule has 1 aliphatic heterocycles. The second-order valence-corrected chi connectivity index (χ2v) is 6.95. The topological polar surface area (TPSA) is 143 Å². The van der Waals surface area contributed by atoms with E-state index in [1.807, 2.05) is 0 Å². The SMILES string of the molecule is CCN(CC)CC#Cc1cc(C#CC2OC(CO)[C@@H](O)C(O)C2O)c(N)c(C=N)c1. The number of hydrogen-bond acceptors (Lipinski definition) is 8. The highest BCUT2D eigenvalue weighted by molar-refractivity contribution is 5.88. The molecule has 1 fully saturated rings. The lowest BCUT2D eigenvalue weighted by Crippen LogP contribution is -2.58. The first kappa shape index (κ1) is 23.8. The molecule has 5 atom stereocenters. The van der Waals surface area contributed by atoms with Crippen molar-refractivity contribution in [3.8, 4) is 23.7 Å². The number of nitrogen functional groups attached to an aromatic ring is 1. The molecule has 1 saturated heterocycles. The zero-order valence-corrected chi connectivity index (χ0v) is 17.2. The zero-order chi connectivity index (χ0) is 22.3. The highest BCUT2D eigenvalue weighted by atomic mass is 16.5. The molecular formula is C22H29N3O5. The molecule has 0 spiro atoms. The molecule has 0 bridgehead atoms. The minimum absolute atomic E-state index is 0.288. The Balaban J connectivity index is 2.32. The quantitative estimate of drug-likeness (QED) is 0.209. The van der Waals surface area contributed by atoms with Crippen LogP contribution in [-0.2, 0) is 4.74 Å². The zero-order valence-electron chi connectivity index (χ0n) is 17.2. The normalized spacial score (nSPS) is 25.8. The van der Waals surface area contributed by atoms with Gasteiger partial charge in [-0.2, -0.15) is 0 Å².